The molecule has 0 fully saturated rings. The molecule has 218 valence electrons. The van der Waals surface area contributed by atoms with Crippen LogP contribution >= 0.6 is 0 Å². The maximum atomic E-state index is 6.80. The highest BCUT2D eigenvalue weighted by molar-refractivity contribution is 6.31. The van der Waals surface area contributed by atoms with Crippen molar-refractivity contribution in [3.05, 3.63) is 146 Å². The third-order valence-electron chi connectivity index (χ3n) is 9.86. The third kappa shape index (κ3) is 3.35. The van der Waals surface area contributed by atoms with E-state index in [1.54, 1.807) is 0 Å². The second-order valence-electron chi connectivity index (χ2n) is 12.3. The minimum atomic E-state index is 0.854. The lowest BCUT2D eigenvalue weighted by Crippen LogP contribution is -1.91. The zero-order chi connectivity index (χ0) is 30.6. The van der Waals surface area contributed by atoms with Crippen LogP contribution in [0.4, 0.5) is 0 Å². The maximum absolute atomic E-state index is 6.80. The summed E-state index contributed by atoms with van der Waals surface area (Å²) in [6.45, 7) is 0. The highest BCUT2D eigenvalue weighted by Crippen LogP contribution is 2.50. The Morgan fingerprint density at radius 3 is 1.43 bits per heavy atom. The molecule has 0 amide bonds. The lowest BCUT2D eigenvalue weighted by molar-refractivity contribution is 0.664. The molecule has 3 nitrogen and oxygen atoms in total. The van der Waals surface area contributed by atoms with Gasteiger partial charge in [0.05, 0.1) is 0 Å². The molecule has 0 saturated heterocycles. The zero-order valence-electron chi connectivity index (χ0n) is 25.1. The topological polar surface area (TPSA) is 39.4 Å². The monoisotopic (exact) mass is 600 g/mol. The number of para-hydroxylation sites is 3. The number of fused-ring (bicyclic) bond motifs is 12. The first kappa shape index (κ1) is 24.9. The minimum absolute atomic E-state index is 0.854. The molecule has 0 spiro atoms. The summed E-state index contributed by atoms with van der Waals surface area (Å²) < 4.78 is 19.7. The molecule has 3 aromatic heterocycles. The van der Waals surface area contributed by atoms with Crippen LogP contribution in [0.1, 0.15) is 0 Å². The Labute approximate surface area is 267 Å². The van der Waals surface area contributed by atoms with Crippen LogP contribution < -0.4 is 0 Å². The summed E-state index contributed by atoms with van der Waals surface area (Å²) in [4.78, 5) is 0. The predicted octanol–water partition coefficient (Wildman–Crippen LogP) is 13.0. The Morgan fingerprint density at radius 2 is 0.766 bits per heavy atom. The summed E-state index contributed by atoms with van der Waals surface area (Å²) in [5.41, 5.74) is 9.73. The van der Waals surface area contributed by atoms with Crippen molar-refractivity contribution in [1.29, 1.82) is 0 Å². The molecular weight excluding hydrogens is 576 g/mol. The third-order valence-corrected chi connectivity index (χ3v) is 9.86. The number of hydrogen-bond acceptors (Lipinski definition) is 3. The molecule has 3 heterocycles. The van der Waals surface area contributed by atoms with Crippen molar-refractivity contribution in [2.45, 2.75) is 0 Å². The van der Waals surface area contributed by atoms with E-state index in [0.29, 0.717) is 0 Å². The van der Waals surface area contributed by atoms with E-state index >= 15 is 0 Å². The fourth-order valence-electron chi connectivity index (χ4n) is 7.90. The van der Waals surface area contributed by atoms with Crippen LogP contribution in [0.2, 0.25) is 0 Å². The number of furan rings is 3. The zero-order valence-corrected chi connectivity index (χ0v) is 25.1. The Bertz CT molecular complexity index is 3020. The summed E-state index contributed by atoms with van der Waals surface area (Å²) >= 11 is 0. The Balaban J connectivity index is 1.29. The van der Waals surface area contributed by atoms with Gasteiger partial charge < -0.3 is 13.3 Å². The largest absolute Gasteiger partial charge is 0.456 e. The second kappa shape index (κ2) is 9.12. The molecule has 0 bridgehead atoms. The van der Waals surface area contributed by atoms with Crippen molar-refractivity contribution >= 4 is 87.4 Å². The molecule has 0 N–H and O–H groups in total. The van der Waals surface area contributed by atoms with E-state index in [1.165, 1.54) is 16.3 Å². The Morgan fingerprint density at radius 1 is 0.298 bits per heavy atom. The molecule has 0 aliphatic rings. The van der Waals surface area contributed by atoms with Crippen LogP contribution in [0.15, 0.2) is 159 Å². The molecular formula is C44H24O3. The van der Waals surface area contributed by atoms with Crippen LogP contribution in [0, 0.1) is 0 Å². The van der Waals surface area contributed by atoms with Crippen molar-refractivity contribution in [3.63, 3.8) is 0 Å². The normalized spacial score (nSPS) is 12.3. The van der Waals surface area contributed by atoms with E-state index in [1.807, 2.05) is 30.3 Å². The Kier molecular flexibility index (Phi) is 4.84. The first-order chi connectivity index (χ1) is 23.3. The maximum Gasteiger partial charge on any atom is 0.144 e. The van der Waals surface area contributed by atoms with Gasteiger partial charge in [0, 0.05) is 43.4 Å². The predicted molar refractivity (Wildman–Crippen MR) is 194 cm³/mol. The van der Waals surface area contributed by atoms with Gasteiger partial charge in [-0.3, -0.25) is 0 Å². The summed E-state index contributed by atoms with van der Waals surface area (Å²) in [5.74, 6) is 0. The second-order valence-corrected chi connectivity index (χ2v) is 12.3. The number of rotatable bonds is 2. The molecule has 11 rings (SSSR count). The summed E-state index contributed by atoms with van der Waals surface area (Å²) in [7, 11) is 0. The first-order valence-electron chi connectivity index (χ1n) is 15.9. The molecule has 0 aliphatic heterocycles. The first-order valence-corrected chi connectivity index (χ1v) is 15.9. The lowest BCUT2D eigenvalue weighted by Gasteiger charge is -2.18. The molecule has 0 unspecified atom stereocenters. The molecule has 0 atom stereocenters. The molecule has 8 aromatic carbocycles. The van der Waals surface area contributed by atoms with Gasteiger partial charge in [0.1, 0.15) is 33.5 Å². The van der Waals surface area contributed by atoms with Gasteiger partial charge in [-0.05, 0) is 69.1 Å². The van der Waals surface area contributed by atoms with Crippen LogP contribution in [0.25, 0.3) is 110 Å². The van der Waals surface area contributed by atoms with Crippen molar-refractivity contribution < 1.29 is 13.3 Å². The van der Waals surface area contributed by atoms with Gasteiger partial charge in [-0.1, -0.05) is 109 Å². The highest BCUT2D eigenvalue weighted by atomic mass is 16.3. The van der Waals surface area contributed by atoms with E-state index in [9.17, 15) is 0 Å². The van der Waals surface area contributed by atoms with E-state index in [0.717, 1.165) is 93.3 Å². The van der Waals surface area contributed by atoms with Crippen LogP contribution in [-0.2, 0) is 0 Å². The lowest BCUT2D eigenvalue weighted by atomic mass is 9.85. The van der Waals surface area contributed by atoms with Gasteiger partial charge in [0.25, 0.3) is 0 Å². The summed E-state index contributed by atoms with van der Waals surface area (Å²) in [6, 6.07) is 51.1. The van der Waals surface area contributed by atoms with Crippen LogP contribution in [0.5, 0.6) is 0 Å². The number of hydrogen-bond donors (Lipinski definition) is 0. The molecule has 0 aliphatic carbocycles. The minimum Gasteiger partial charge on any atom is -0.456 e. The molecule has 0 radical (unpaired) electrons. The van der Waals surface area contributed by atoms with Gasteiger partial charge in [0.2, 0.25) is 0 Å². The SMILES string of the molecule is c1ccc2c(c1)oc1cc(-c3c4ccccc4c(-c4cc5oc6ccccc6c5c5c4oc4ccccc45)c4ccccc34)ccc12. The van der Waals surface area contributed by atoms with Gasteiger partial charge in [-0.25, -0.2) is 0 Å². The molecule has 11 aromatic rings. The van der Waals surface area contributed by atoms with Gasteiger partial charge in [0.15, 0.2) is 0 Å². The van der Waals surface area contributed by atoms with E-state index in [4.69, 9.17) is 13.3 Å². The van der Waals surface area contributed by atoms with Crippen molar-refractivity contribution in [1.82, 2.24) is 0 Å². The molecule has 47 heavy (non-hydrogen) atoms. The fourth-order valence-corrected chi connectivity index (χ4v) is 7.90. The highest BCUT2D eigenvalue weighted by Gasteiger charge is 2.24. The van der Waals surface area contributed by atoms with E-state index in [2.05, 4.69) is 115 Å². The van der Waals surface area contributed by atoms with Crippen LogP contribution in [-0.4, -0.2) is 0 Å². The molecule has 3 heteroatoms. The summed E-state index contributed by atoms with van der Waals surface area (Å²) in [5, 5.41) is 11.3. The fraction of sp³-hybridized carbons (Fsp3) is 0. The van der Waals surface area contributed by atoms with Crippen molar-refractivity contribution in [3.8, 4) is 22.3 Å². The van der Waals surface area contributed by atoms with Crippen molar-refractivity contribution in [2.24, 2.45) is 0 Å². The van der Waals surface area contributed by atoms with Gasteiger partial charge >= 0.3 is 0 Å². The average molecular weight is 601 g/mol. The Hall–Kier alpha value is -6.32. The van der Waals surface area contributed by atoms with E-state index < -0.39 is 0 Å². The summed E-state index contributed by atoms with van der Waals surface area (Å²) in [6.07, 6.45) is 0. The van der Waals surface area contributed by atoms with Crippen LogP contribution in [0.3, 0.4) is 0 Å². The van der Waals surface area contributed by atoms with Gasteiger partial charge in [-0.2, -0.15) is 0 Å². The van der Waals surface area contributed by atoms with Crippen molar-refractivity contribution in [2.75, 3.05) is 0 Å². The average Bonchev–Trinajstić information content (AvgIpc) is 3.81. The quantitative estimate of drug-likeness (QED) is 0.185. The smallest absolute Gasteiger partial charge is 0.144 e. The van der Waals surface area contributed by atoms with Gasteiger partial charge in [-0.15, -0.1) is 0 Å². The standard InChI is InChI=1S/C44H24O3/c1-3-14-30-28(12-1)40(25-21-22-27-26-11-5-8-18-35(26)45-38(27)23-25)29-13-2-4-15-31(29)41(30)34-24-39-42(32-16-6-9-19-36(32)46-39)43-33-17-7-10-20-37(33)47-44(34)43/h1-24H. The van der Waals surface area contributed by atoms with E-state index in [-0.39, 0.29) is 0 Å². The number of benzene rings is 8. The molecule has 0 saturated carbocycles.